The van der Waals surface area contributed by atoms with Gasteiger partial charge in [-0.15, -0.1) is 5.56 Å². The summed E-state index contributed by atoms with van der Waals surface area (Å²) in [6.07, 6.45) is 1.05. The summed E-state index contributed by atoms with van der Waals surface area (Å²) < 4.78 is 0. The second-order valence-corrected chi connectivity index (χ2v) is 3.40. The summed E-state index contributed by atoms with van der Waals surface area (Å²) in [4.78, 5) is 0. The van der Waals surface area contributed by atoms with Crippen molar-refractivity contribution < 1.29 is 51.4 Å². The van der Waals surface area contributed by atoms with Crippen molar-refractivity contribution in [2.75, 3.05) is 0 Å². The quantitative estimate of drug-likeness (QED) is 0.359. The van der Waals surface area contributed by atoms with E-state index < -0.39 is 0 Å². The Balaban J connectivity index is 0.000000750. The van der Waals surface area contributed by atoms with Gasteiger partial charge in [-0.2, -0.15) is 29.8 Å². The van der Waals surface area contributed by atoms with Gasteiger partial charge in [0.1, 0.15) is 0 Å². The van der Waals surface area contributed by atoms with Gasteiger partial charge in [-0.25, -0.2) is 0 Å². The van der Waals surface area contributed by atoms with E-state index in [1.165, 1.54) is 22.3 Å². The van der Waals surface area contributed by atoms with Crippen molar-refractivity contribution in [1.82, 2.24) is 0 Å². The first-order chi connectivity index (χ1) is 6.45. The van der Waals surface area contributed by atoms with Crippen LogP contribution in [0.4, 0.5) is 0 Å². The molecule has 0 N–H and O–H groups in total. The minimum atomic E-state index is 0. The first-order valence-electron chi connectivity index (χ1n) is 4.53. The zero-order valence-corrected chi connectivity index (χ0v) is 11.4. The largest absolute Gasteiger partial charge is 1.00 e. The molecule has 2 aromatic carbocycles. The van der Waals surface area contributed by atoms with Crippen LogP contribution in [0.15, 0.2) is 42.5 Å². The number of benzene rings is 2. The van der Waals surface area contributed by atoms with Gasteiger partial charge < -0.3 is 0 Å². The molecule has 0 unspecified atom stereocenters. The fourth-order valence-electron chi connectivity index (χ4n) is 2.00. The molecular weight excluding hydrogens is 195 g/mol. The Labute approximate surface area is 127 Å². The third-order valence-electron chi connectivity index (χ3n) is 2.62. The zero-order valence-electron chi connectivity index (χ0n) is 8.25. The molecule has 0 aliphatic heterocycles. The van der Waals surface area contributed by atoms with Crippen LogP contribution in [-0.4, -0.2) is 0 Å². The molecule has 0 amide bonds. The molecule has 1 aliphatic rings. The molecule has 1 aliphatic carbocycles. The van der Waals surface area contributed by atoms with Gasteiger partial charge in [0.25, 0.3) is 0 Å². The normalized spacial score (nSPS) is 11.4. The van der Waals surface area contributed by atoms with Crippen LogP contribution >= 0.6 is 0 Å². The summed E-state index contributed by atoms with van der Waals surface area (Å²) >= 11 is 0. The average Bonchev–Trinajstić information content (AvgIpc) is 2.56. The van der Waals surface area contributed by atoms with Crippen LogP contribution in [0.1, 0.15) is 11.1 Å². The molecular formula is C13H9K. The van der Waals surface area contributed by atoms with Crippen molar-refractivity contribution in [1.29, 1.82) is 0 Å². The minimum absolute atomic E-state index is 0. The maximum Gasteiger partial charge on any atom is 1.00 e. The van der Waals surface area contributed by atoms with Gasteiger partial charge in [-0.1, -0.05) is 35.4 Å². The molecule has 0 saturated carbocycles. The van der Waals surface area contributed by atoms with Crippen LogP contribution in [-0.2, 0) is 6.42 Å². The molecule has 0 spiro atoms. The van der Waals surface area contributed by atoms with Gasteiger partial charge in [0, 0.05) is 0 Å². The van der Waals surface area contributed by atoms with Crippen molar-refractivity contribution >= 4 is 0 Å². The molecule has 0 atom stereocenters. The Morgan fingerprint density at radius 1 is 0.929 bits per heavy atom. The molecule has 1 heteroatoms. The van der Waals surface area contributed by atoms with Crippen LogP contribution in [0.3, 0.4) is 0 Å². The number of fused-ring (bicyclic) bond motifs is 3. The van der Waals surface area contributed by atoms with E-state index in [9.17, 15) is 0 Å². The van der Waals surface area contributed by atoms with E-state index >= 15 is 0 Å². The Kier molecular flexibility index (Phi) is 3.25. The summed E-state index contributed by atoms with van der Waals surface area (Å²) in [5.74, 6) is 0. The molecule has 0 aromatic heterocycles. The van der Waals surface area contributed by atoms with E-state index in [-0.39, 0.29) is 51.4 Å². The van der Waals surface area contributed by atoms with Crippen LogP contribution in [0.2, 0.25) is 0 Å². The number of hydrogen-bond acceptors (Lipinski definition) is 0. The Bertz CT molecular complexity index is 417. The monoisotopic (exact) mass is 204 g/mol. The maximum atomic E-state index is 3.30. The van der Waals surface area contributed by atoms with Crippen LogP contribution in [0.25, 0.3) is 11.1 Å². The molecule has 3 rings (SSSR count). The van der Waals surface area contributed by atoms with Gasteiger partial charge in [0.2, 0.25) is 0 Å². The standard InChI is InChI=1S/C13H9.K/c1-3-7-12-10(5-1)9-11-6-2-4-8-13(11)12;/h1-5,7-8H,9H2;/q-1;+1. The summed E-state index contributed by atoms with van der Waals surface area (Å²) in [5.41, 5.74) is 5.51. The Morgan fingerprint density at radius 3 is 2.64 bits per heavy atom. The van der Waals surface area contributed by atoms with Gasteiger partial charge in [0.15, 0.2) is 0 Å². The van der Waals surface area contributed by atoms with Crippen molar-refractivity contribution in [2.45, 2.75) is 6.42 Å². The Hall–Kier alpha value is 0.0764. The van der Waals surface area contributed by atoms with E-state index in [0.29, 0.717) is 0 Å². The van der Waals surface area contributed by atoms with Crippen molar-refractivity contribution in [3.8, 4) is 11.1 Å². The number of rotatable bonds is 0. The van der Waals surface area contributed by atoms with Crippen molar-refractivity contribution in [3.63, 3.8) is 0 Å². The second kappa shape index (κ2) is 4.29. The van der Waals surface area contributed by atoms with Crippen molar-refractivity contribution in [2.24, 2.45) is 0 Å². The predicted molar refractivity (Wildman–Crippen MR) is 53.5 cm³/mol. The van der Waals surface area contributed by atoms with E-state index in [1.54, 1.807) is 0 Å². The molecule has 2 aromatic rings. The van der Waals surface area contributed by atoms with E-state index in [2.05, 4.69) is 42.5 Å². The molecule has 0 heterocycles. The van der Waals surface area contributed by atoms with E-state index in [1.807, 2.05) is 6.07 Å². The topological polar surface area (TPSA) is 0 Å². The van der Waals surface area contributed by atoms with Crippen LogP contribution in [0, 0.1) is 6.07 Å². The molecule has 0 fully saturated rings. The van der Waals surface area contributed by atoms with E-state index in [4.69, 9.17) is 0 Å². The van der Waals surface area contributed by atoms with E-state index in [0.717, 1.165) is 6.42 Å². The molecule has 62 valence electrons. The molecule has 14 heavy (non-hydrogen) atoms. The second-order valence-electron chi connectivity index (χ2n) is 3.40. The summed E-state index contributed by atoms with van der Waals surface area (Å²) in [6.45, 7) is 0. The third kappa shape index (κ3) is 1.64. The predicted octanol–water partition coefficient (Wildman–Crippen LogP) is 0.0620. The molecule has 0 bridgehead atoms. The summed E-state index contributed by atoms with van der Waals surface area (Å²) in [7, 11) is 0. The fourth-order valence-corrected chi connectivity index (χ4v) is 2.00. The van der Waals surface area contributed by atoms with Gasteiger partial charge in [0.05, 0.1) is 0 Å². The molecule has 0 radical (unpaired) electrons. The maximum absolute atomic E-state index is 3.30. The average molecular weight is 204 g/mol. The summed E-state index contributed by atoms with van der Waals surface area (Å²) in [6, 6.07) is 18.1. The first-order valence-corrected chi connectivity index (χ1v) is 4.53. The van der Waals surface area contributed by atoms with Gasteiger partial charge >= 0.3 is 51.4 Å². The third-order valence-corrected chi connectivity index (χ3v) is 2.62. The van der Waals surface area contributed by atoms with Gasteiger partial charge in [-0.05, 0) is 6.42 Å². The van der Waals surface area contributed by atoms with Crippen LogP contribution in [0.5, 0.6) is 0 Å². The number of hydrogen-bond donors (Lipinski definition) is 0. The zero-order chi connectivity index (χ0) is 8.67. The molecule has 0 saturated heterocycles. The Morgan fingerprint density at radius 2 is 1.71 bits per heavy atom. The summed E-state index contributed by atoms with van der Waals surface area (Å²) in [5, 5.41) is 0. The minimum Gasteiger partial charge on any atom is -0.179 e. The van der Waals surface area contributed by atoms with Gasteiger partial charge in [-0.3, -0.25) is 0 Å². The fraction of sp³-hybridized carbons (Fsp3) is 0.0769. The van der Waals surface area contributed by atoms with Crippen molar-refractivity contribution in [3.05, 3.63) is 59.7 Å². The molecule has 0 nitrogen and oxygen atoms in total. The van der Waals surface area contributed by atoms with Crippen LogP contribution < -0.4 is 51.4 Å². The smallest absolute Gasteiger partial charge is 0.179 e. The SMILES string of the molecule is [K+].[c-]1cccc2c1Cc1ccccc1-2. The first kappa shape index (κ1) is 10.6.